The maximum atomic E-state index is 11.2. The van der Waals surface area contributed by atoms with Crippen LogP contribution in [0.3, 0.4) is 0 Å². The highest BCUT2D eigenvalue weighted by Gasteiger charge is 2.17. The molecule has 1 aromatic carbocycles. The van der Waals surface area contributed by atoms with E-state index in [0.717, 1.165) is 0 Å². The van der Waals surface area contributed by atoms with E-state index in [9.17, 15) is 8.42 Å². The standard InChI is InChI=1S/C12H14BrClO3S/c13-11-7-10(18(14,15)16)5-6-12(11)17-8-9-3-1-2-4-9/h5-7,9H,1-4,8H2. The SMILES string of the molecule is O=S(=O)(Cl)c1ccc(OCC2CCCC2)c(Br)c1. The lowest BCUT2D eigenvalue weighted by Gasteiger charge is -2.12. The Morgan fingerprint density at radius 3 is 2.56 bits per heavy atom. The average Bonchev–Trinajstić information content (AvgIpc) is 2.79. The first-order valence-electron chi connectivity index (χ1n) is 5.84. The molecule has 1 aliphatic rings. The second-order valence-electron chi connectivity index (χ2n) is 4.49. The van der Waals surface area contributed by atoms with Gasteiger partial charge in [0.05, 0.1) is 16.0 Å². The van der Waals surface area contributed by atoms with Crippen molar-refractivity contribution in [2.24, 2.45) is 5.92 Å². The van der Waals surface area contributed by atoms with Crippen LogP contribution in [-0.2, 0) is 9.05 Å². The van der Waals surface area contributed by atoms with Crippen LogP contribution < -0.4 is 4.74 Å². The first-order chi connectivity index (χ1) is 8.47. The van der Waals surface area contributed by atoms with Crippen molar-refractivity contribution < 1.29 is 13.2 Å². The Balaban J connectivity index is 2.05. The molecular formula is C12H14BrClO3S. The topological polar surface area (TPSA) is 43.4 Å². The molecule has 0 atom stereocenters. The van der Waals surface area contributed by atoms with Gasteiger partial charge in [-0.25, -0.2) is 8.42 Å². The summed E-state index contributed by atoms with van der Waals surface area (Å²) in [5, 5.41) is 0. The molecule has 0 radical (unpaired) electrons. The van der Waals surface area contributed by atoms with Gasteiger partial charge in [0.2, 0.25) is 0 Å². The van der Waals surface area contributed by atoms with E-state index in [-0.39, 0.29) is 4.90 Å². The highest BCUT2D eigenvalue weighted by atomic mass is 79.9. The fourth-order valence-electron chi connectivity index (χ4n) is 2.13. The molecule has 0 unspecified atom stereocenters. The Morgan fingerprint density at radius 2 is 2.00 bits per heavy atom. The zero-order valence-corrected chi connectivity index (χ0v) is 12.9. The van der Waals surface area contributed by atoms with Gasteiger partial charge in [0.25, 0.3) is 9.05 Å². The molecule has 1 fully saturated rings. The third-order valence-electron chi connectivity index (χ3n) is 3.13. The Hall–Kier alpha value is -0.260. The summed E-state index contributed by atoms with van der Waals surface area (Å²) in [7, 11) is 1.59. The smallest absolute Gasteiger partial charge is 0.261 e. The molecule has 18 heavy (non-hydrogen) atoms. The first kappa shape index (κ1) is 14.2. The van der Waals surface area contributed by atoms with E-state index in [4.69, 9.17) is 15.4 Å². The monoisotopic (exact) mass is 352 g/mol. The van der Waals surface area contributed by atoms with Crippen molar-refractivity contribution in [1.29, 1.82) is 0 Å². The Bertz CT molecular complexity index is 524. The highest BCUT2D eigenvalue weighted by Crippen LogP contribution is 2.31. The van der Waals surface area contributed by atoms with Crippen LogP contribution in [-0.4, -0.2) is 15.0 Å². The molecule has 100 valence electrons. The highest BCUT2D eigenvalue weighted by molar-refractivity contribution is 9.10. The largest absolute Gasteiger partial charge is 0.492 e. The van der Waals surface area contributed by atoms with Gasteiger partial charge in [-0.05, 0) is 52.9 Å². The van der Waals surface area contributed by atoms with Crippen molar-refractivity contribution in [2.45, 2.75) is 30.6 Å². The van der Waals surface area contributed by atoms with E-state index in [1.807, 2.05) is 0 Å². The third-order valence-corrected chi connectivity index (χ3v) is 5.11. The van der Waals surface area contributed by atoms with Crippen molar-refractivity contribution in [1.82, 2.24) is 0 Å². The number of ether oxygens (including phenoxy) is 1. The molecule has 0 N–H and O–H groups in total. The molecule has 0 spiro atoms. The summed E-state index contributed by atoms with van der Waals surface area (Å²) in [6.45, 7) is 0.686. The molecule has 3 nitrogen and oxygen atoms in total. The van der Waals surface area contributed by atoms with Crippen molar-refractivity contribution >= 4 is 35.7 Å². The van der Waals surface area contributed by atoms with Gasteiger partial charge < -0.3 is 4.74 Å². The van der Waals surface area contributed by atoms with E-state index in [0.29, 0.717) is 22.7 Å². The fraction of sp³-hybridized carbons (Fsp3) is 0.500. The maximum Gasteiger partial charge on any atom is 0.261 e. The number of hydrogen-bond donors (Lipinski definition) is 0. The van der Waals surface area contributed by atoms with Crippen molar-refractivity contribution in [3.8, 4) is 5.75 Å². The summed E-state index contributed by atoms with van der Waals surface area (Å²) in [6.07, 6.45) is 4.98. The summed E-state index contributed by atoms with van der Waals surface area (Å²) < 4.78 is 28.7. The van der Waals surface area contributed by atoms with Gasteiger partial charge in [-0.3, -0.25) is 0 Å². The molecule has 2 rings (SSSR count). The molecule has 6 heteroatoms. The maximum absolute atomic E-state index is 11.2. The average molecular weight is 354 g/mol. The molecule has 0 aliphatic heterocycles. The van der Waals surface area contributed by atoms with Crippen LogP contribution in [0.1, 0.15) is 25.7 Å². The van der Waals surface area contributed by atoms with Gasteiger partial charge in [0, 0.05) is 10.7 Å². The second-order valence-corrected chi connectivity index (χ2v) is 7.91. The van der Waals surface area contributed by atoms with Gasteiger partial charge in [-0.2, -0.15) is 0 Å². The Morgan fingerprint density at radius 1 is 1.33 bits per heavy atom. The normalized spacial score (nSPS) is 17.0. The molecule has 0 bridgehead atoms. The van der Waals surface area contributed by atoms with E-state index in [1.165, 1.54) is 37.8 Å². The minimum Gasteiger partial charge on any atom is -0.492 e. The number of rotatable bonds is 4. The van der Waals surface area contributed by atoms with Crippen LogP contribution in [0.2, 0.25) is 0 Å². The number of benzene rings is 1. The van der Waals surface area contributed by atoms with Crippen molar-refractivity contribution in [3.05, 3.63) is 22.7 Å². The van der Waals surface area contributed by atoms with Gasteiger partial charge in [-0.1, -0.05) is 12.8 Å². The summed E-state index contributed by atoms with van der Waals surface area (Å²) in [4.78, 5) is 0.0734. The van der Waals surface area contributed by atoms with Crippen LogP contribution >= 0.6 is 26.6 Å². The minimum atomic E-state index is -3.69. The summed E-state index contributed by atoms with van der Waals surface area (Å²) in [6, 6.07) is 4.55. The van der Waals surface area contributed by atoms with Crippen LogP contribution in [0.4, 0.5) is 0 Å². The summed E-state index contributed by atoms with van der Waals surface area (Å²) in [5.74, 6) is 1.28. The lowest BCUT2D eigenvalue weighted by Crippen LogP contribution is -2.08. The van der Waals surface area contributed by atoms with Crippen LogP contribution in [0.25, 0.3) is 0 Å². The fourth-order valence-corrected chi connectivity index (χ4v) is 3.56. The van der Waals surface area contributed by atoms with Crippen molar-refractivity contribution in [3.63, 3.8) is 0 Å². The van der Waals surface area contributed by atoms with Gasteiger partial charge in [-0.15, -0.1) is 0 Å². The van der Waals surface area contributed by atoms with Crippen molar-refractivity contribution in [2.75, 3.05) is 6.61 Å². The predicted molar refractivity (Wildman–Crippen MR) is 74.6 cm³/mol. The van der Waals surface area contributed by atoms with Gasteiger partial charge in [0.15, 0.2) is 0 Å². The predicted octanol–water partition coefficient (Wildman–Crippen LogP) is 3.95. The van der Waals surface area contributed by atoms with E-state index in [2.05, 4.69) is 15.9 Å². The lowest BCUT2D eigenvalue weighted by molar-refractivity contribution is 0.250. The zero-order valence-electron chi connectivity index (χ0n) is 9.73. The molecule has 0 amide bonds. The van der Waals surface area contributed by atoms with Crippen LogP contribution in [0.5, 0.6) is 5.75 Å². The Kier molecular flexibility index (Phi) is 4.56. The molecule has 0 aromatic heterocycles. The minimum absolute atomic E-state index is 0.0734. The number of hydrogen-bond acceptors (Lipinski definition) is 3. The summed E-state index contributed by atoms with van der Waals surface area (Å²) in [5.41, 5.74) is 0. The number of halogens is 2. The molecule has 0 saturated heterocycles. The molecular weight excluding hydrogens is 340 g/mol. The molecule has 1 saturated carbocycles. The third kappa shape index (κ3) is 3.62. The quantitative estimate of drug-likeness (QED) is 0.770. The van der Waals surface area contributed by atoms with Gasteiger partial charge in [0.1, 0.15) is 5.75 Å². The molecule has 1 aliphatic carbocycles. The first-order valence-corrected chi connectivity index (χ1v) is 8.94. The second kappa shape index (κ2) is 5.80. The molecule has 1 aromatic rings. The lowest BCUT2D eigenvalue weighted by atomic mass is 10.1. The van der Waals surface area contributed by atoms with Crippen LogP contribution in [0.15, 0.2) is 27.6 Å². The molecule has 0 heterocycles. The zero-order chi connectivity index (χ0) is 13.2. The van der Waals surface area contributed by atoms with E-state index >= 15 is 0 Å². The van der Waals surface area contributed by atoms with Gasteiger partial charge >= 0.3 is 0 Å². The van der Waals surface area contributed by atoms with E-state index < -0.39 is 9.05 Å². The van der Waals surface area contributed by atoms with E-state index in [1.54, 1.807) is 6.07 Å². The van der Waals surface area contributed by atoms with Crippen LogP contribution in [0, 0.1) is 5.92 Å². The Labute approximate surface area is 120 Å². The summed E-state index contributed by atoms with van der Waals surface area (Å²) >= 11 is 3.30.